The molecule has 0 aliphatic heterocycles. The lowest BCUT2D eigenvalue weighted by molar-refractivity contribution is 1.18. The van der Waals surface area contributed by atoms with Gasteiger partial charge < -0.3 is 11.5 Å². The van der Waals surface area contributed by atoms with E-state index in [1.165, 1.54) is 6.20 Å². The second-order valence-electron chi connectivity index (χ2n) is 3.70. The third-order valence-corrected chi connectivity index (χ3v) is 2.42. The zero-order valence-corrected chi connectivity index (χ0v) is 9.82. The number of nitrogen functional groups attached to an aromatic ring is 1. The lowest BCUT2D eigenvalue weighted by Gasteiger charge is -2.00. The summed E-state index contributed by atoms with van der Waals surface area (Å²) in [5, 5.41) is 0. The molecule has 0 amide bonds. The van der Waals surface area contributed by atoms with Crippen molar-refractivity contribution in [3.8, 4) is 0 Å². The molecule has 90 valence electrons. The molecule has 0 saturated carbocycles. The van der Waals surface area contributed by atoms with Crippen molar-refractivity contribution >= 4 is 24.2 Å². The number of hydrogen-bond acceptors (Lipinski definition) is 4. The number of rotatable bonds is 3. The molecule has 0 saturated heterocycles. The van der Waals surface area contributed by atoms with Gasteiger partial charge in [-0.05, 0) is 23.4 Å². The van der Waals surface area contributed by atoms with Crippen LogP contribution >= 0.6 is 0 Å². The average molecular weight is 238 g/mol. The van der Waals surface area contributed by atoms with E-state index in [1.54, 1.807) is 12.4 Å². The van der Waals surface area contributed by atoms with Gasteiger partial charge >= 0.3 is 0 Å². The average Bonchev–Trinajstić information content (AvgIpc) is 2.40. The van der Waals surface area contributed by atoms with Crippen molar-refractivity contribution in [3.05, 3.63) is 59.5 Å². The minimum atomic E-state index is 0.276. The Morgan fingerprint density at radius 2 is 1.50 bits per heavy atom. The van der Waals surface area contributed by atoms with Crippen LogP contribution in [0.1, 0.15) is 16.7 Å². The van der Waals surface area contributed by atoms with E-state index in [1.807, 2.05) is 42.5 Å². The lowest BCUT2D eigenvalue weighted by Crippen LogP contribution is -1.93. The van der Waals surface area contributed by atoms with Crippen LogP contribution in [0.2, 0.25) is 0 Å². The SMILES string of the molecule is N/C=C\c1ccccc1/C=C/c1cnc(N)nc1. The number of benzene rings is 1. The summed E-state index contributed by atoms with van der Waals surface area (Å²) in [5.41, 5.74) is 13.9. The molecule has 0 unspecified atom stereocenters. The molecule has 0 spiro atoms. The standard InChI is InChI=1S/C14H14N4/c15-8-7-13-4-2-1-3-12(13)6-5-11-9-17-14(16)18-10-11/h1-10H,15H2,(H2,16,17,18)/b6-5+,8-7-. The third-order valence-electron chi connectivity index (χ3n) is 2.42. The topological polar surface area (TPSA) is 77.8 Å². The molecule has 2 rings (SSSR count). The smallest absolute Gasteiger partial charge is 0.219 e. The van der Waals surface area contributed by atoms with Crippen molar-refractivity contribution in [1.82, 2.24) is 9.97 Å². The first kappa shape index (κ1) is 11.9. The van der Waals surface area contributed by atoms with Crippen molar-refractivity contribution in [1.29, 1.82) is 0 Å². The van der Waals surface area contributed by atoms with E-state index in [-0.39, 0.29) is 5.95 Å². The Balaban J connectivity index is 2.25. The number of hydrogen-bond donors (Lipinski definition) is 2. The Morgan fingerprint density at radius 3 is 2.11 bits per heavy atom. The van der Waals surface area contributed by atoms with Gasteiger partial charge in [0.05, 0.1) is 0 Å². The van der Waals surface area contributed by atoms with Crippen LogP contribution in [0.5, 0.6) is 0 Å². The fraction of sp³-hybridized carbons (Fsp3) is 0. The van der Waals surface area contributed by atoms with Crippen LogP contribution in [-0.4, -0.2) is 9.97 Å². The molecule has 2 aromatic rings. The predicted octanol–water partition coefficient (Wildman–Crippen LogP) is 2.16. The van der Waals surface area contributed by atoms with Crippen LogP contribution in [0.15, 0.2) is 42.9 Å². The molecular weight excluding hydrogens is 224 g/mol. The maximum absolute atomic E-state index is 5.43. The molecule has 4 nitrogen and oxygen atoms in total. The maximum atomic E-state index is 5.43. The van der Waals surface area contributed by atoms with Crippen molar-refractivity contribution in [2.75, 3.05) is 5.73 Å². The second-order valence-corrected chi connectivity index (χ2v) is 3.70. The summed E-state index contributed by atoms with van der Waals surface area (Å²) in [6.45, 7) is 0. The van der Waals surface area contributed by atoms with E-state index in [0.717, 1.165) is 16.7 Å². The molecule has 1 aromatic carbocycles. The van der Waals surface area contributed by atoms with Gasteiger partial charge in [0, 0.05) is 18.0 Å². The van der Waals surface area contributed by atoms with Crippen LogP contribution in [0, 0.1) is 0 Å². The molecule has 0 aliphatic carbocycles. The first-order valence-electron chi connectivity index (χ1n) is 5.52. The Hall–Kier alpha value is -2.62. The van der Waals surface area contributed by atoms with E-state index in [2.05, 4.69) is 9.97 Å². The van der Waals surface area contributed by atoms with Gasteiger partial charge in [-0.1, -0.05) is 36.4 Å². The van der Waals surface area contributed by atoms with Gasteiger partial charge in [0.1, 0.15) is 0 Å². The van der Waals surface area contributed by atoms with Gasteiger partial charge in [0.2, 0.25) is 5.95 Å². The molecule has 4 heteroatoms. The maximum Gasteiger partial charge on any atom is 0.219 e. The van der Waals surface area contributed by atoms with Gasteiger partial charge in [-0.15, -0.1) is 0 Å². The molecule has 0 radical (unpaired) electrons. The summed E-state index contributed by atoms with van der Waals surface area (Å²) in [6.07, 6.45) is 10.7. The van der Waals surface area contributed by atoms with Gasteiger partial charge in [-0.2, -0.15) is 0 Å². The van der Waals surface area contributed by atoms with Gasteiger partial charge in [0.15, 0.2) is 0 Å². The van der Waals surface area contributed by atoms with Crippen LogP contribution < -0.4 is 11.5 Å². The molecule has 0 fully saturated rings. The van der Waals surface area contributed by atoms with Crippen LogP contribution in [-0.2, 0) is 0 Å². The number of aromatic nitrogens is 2. The number of anilines is 1. The zero-order chi connectivity index (χ0) is 12.8. The van der Waals surface area contributed by atoms with E-state index in [4.69, 9.17) is 11.5 Å². The molecule has 18 heavy (non-hydrogen) atoms. The predicted molar refractivity (Wildman–Crippen MR) is 75.0 cm³/mol. The highest BCUT2D eigenvalue weighted by atomic mass is 15.0. The molecule has 0 atom stereocenters. The molecule has 1 aromatic heterocycles. The summed E-state index contributed by atoms with van der Waals surface area (Å²) in [6, 6.07) is 7.97. The summed E-state index contributed by atoms with van der Waals surface area (Å²) < 4.78 is 0. The van der Waals surface area contributed by atoms with Crippen molar-refractivity contribution in [2.45, 2.75) is 0 Å². The highest BCUT2D eigenvalue weighted by Gasteiger charge is 1.94. The summed E-state index contributed by atoms with van der Waals surface area (Å²) in [7, 11) is 0. The molecule has 0 aliphatic rings. The molecule has 4 N–H and O–H groups in total. The molecule has 0 bridgehead atoms. The van der Waals surface area contributed by atoms with Crippen LogP contribution in [0.25, 0.3) is 18.2 Å². The highest BCUT2D eigenvalue weighted by Crippen LogP contribution is 2.14. The minimum absolute atomic E-state index is 0.276. The van der Waals surface area contributed by atoms with E-state index >= 15 is 0 Å². The van der Waals surface area contributed by atoms with Crippen molar-refractivity contribution in [3.63, 3.8) is 0 Å². The molecule has 1 heterocycles. The minimum Gasteiger partial charge on any atom is -0.405 e. The fourth-order valence-corrected chi connectivity index (χ4v) is 1.54. The zero-order valence-electron chi connectivity index (χ0n) is 9.82. The Morgan fingerprint density at radius 1 is 0.889 bits per heavy atom. The second kappa shape index (κ2) is 5.63. The van der Waals surface area contributed by atoms with E-state index in [9.17, 15) is 0 Å². The lowest BCUT2D eigenvalue weighted by atomic mass is 10.1. The Kier molecular flexibility index (Phi) is 3.71. The Bertz CT molecular complexity index is 571. The van der Waals surface area contributed by atoms with Crippen LogP contribution in [0.4, 0.5) is 5.95 Å². The fourth-order valence-electron chi connectivity index (χ4n) is 1.54. The summed E-state index contributed by atoms with van der Waals surface area (Å²) >= 11 is 0. The van der Waals surface area contributed by atoms with E-state index < -0.39 is 0 Å². The van der Waals surface area contributed by atoms with Crippen molar-refractivity contribution < 1.29 is 0 Å². The van der Waals surface area contributed by atoms with Crippen LogP contribution in [0.3, 0.4) is 0 Å². The Labute approximate surface area is 106 Å². The first-order chi connectivity index (χ1) is 8.79. The number of nitrogens with two attached hydrogens (primary N) is 2. The normalized spacial score (nSPS) is 11.3. The monoisotopic (exact) mass is 238 g/mol. The van der Waals surface area contributed by atoms with Gasteiger partial charge in [0.25, 0.3) is 0 Å². The summed E-state index contributed by atoms with van der Waals surface area (Å²) in [5.74, 6) is 0.276. The largest absolute Gasteiger partial charge is 0.405 e. The molecular formula is C14H14N4. The number of nitrogens with zero attached hydrogens (tertiary/aromatic N) is 2. The van der Waals surface area contributed by atoms with E-state index in [0.29, 0.717) is 0 Å². The first-order valence-corrected chi connectivity index (χ1v) is 5.52. The van der Waals surface area contributed by atoms with Gasteiger partial charge in [-0.3, -0.25) is 0 Å². The third kappa shape index (κ3) is 2.95. The van der Waals surface area contributed by atoms with Crippen molar-refractivity contribution in [2.24, 2.45) is 5.73 Å². The van der Waals surface area contributed by atoms with Gasteiger partial charge in [-0.25, -0.2) is 9.97 Å². The quantitative estimate of drug-likeness (QED) is 0.858. The highest BCUT2D eigenvalue weighted by molar-refractivity contribution is 5.74. The summed E-state index contributed by atoms with van der Waals surface area (Å²) in [4.78, 5) is 7.86.